The van der Waals surface area contributed by atoms with E-state index in [9.17, 15) is 10.3 Å². The van der Waals surface area contributed by atoms with Crippen LogP contribution in [0.1, 0.15) is 22.7 Å². The Bertz CT molecular complexity index is 1160. The first kappa shape index (κ1) is 20.6. The van der Waals surface area contributed by atoms with Crippen LogP contribution in [0.25, 0.3) is 17.3 Å². The van der Waals surface area contributed by atoms with Crippen molar-refractivity contribution in [3.63, 3.8) is 0 Å². The molecule has 1 aliphatic heterocycles. The number of fused-ring (bicyclic) bond motifs is 1. The first-order chi connectivity index (χ1) is 15.2. The number of ether oxygens (including phenoxy) is 1. The summed E-state index contributed by atoms with van der Waals surface area (Å²) in [6.45, 7) is 0.0283. The Labute approximate surface area is 185 Å². The summed E-state index contributed by atoms with van der Waals surface area (Å²) in [4.78, 5) is 18.2. The Morgan fingerprint density at radius 2 is 1.61 bits per heavy atom. The van der Waals surface area contributed by atoms with Crippen molar-refractivity contribution in [1.82, 2.24) is 0 Å². The van der Waals surface area contributed by atoms with Gasteiger partial charge in [-0.15, -0.1) is 11.6 Å². The summed E-state index contributed by atoms with van der Waals surface area (Å²) >= 11 is 5.69. The van der Waals surface area contributed by atoms with Crippen molar-refractivity contribution >= 4 is 40.7 Å². The van der Waals surface area contributed by atoms with Gasteiger partial charge >= 0.3 is 11.7 Å². The zero-order valence-electron chi connectivity index (χ0n) is 16.7. The lowest BCUT2D eigenvalue weighted by Crippen LogP contribution is -2.40. The normalized spacial score (nSPS) is 14.8. The van der Waals surface area contributed by atoms with Crippen molar-refractivity contribution in [3.05, 3.63) is 107 Å². The molecule has 1 unspecified atom stereocenters. The summed E-state index contributed by atoms with van der Waals surface area (Å²) in [5.74, 6) is -0.554. The maximum absolute atomic E-state index is 12.8. The van der Waals surface area contributed by atoms with E-state index in [1.54, 1.807) is 0 Å². The lowest BCUT2D eigenvalue weighted by molar-refractivity contribution is -0.140. The molecule has 1 heterocycles. The highest BCUT2D eigenvalue weighted by Gasteiger charge is 2.43. The second-order valence-corrected chi connectivity index (χ2v) is 7.32. The molecular weight excluding hydrogens is 410 g/mol. The average molecular weight is 430 g/mol. The topological polar surface area (TPSA) is 65.9 Å². The maximum Gasteiger partial charge on any atom is 0.419 e. The van der Waals surface area contributed by atoms with Crippen LogP contribution in [0.4, 0.5) is 5.69 Å². The lowest BCUT2D eigenvalue weighted by atomic mass is 9.88. The van der Waals surface area contributed by atoms with Crippen LogP contribution in [-0.2, 0) is 9.53 Å². The molecule has 1 atom stereocenters. The Balaban J connectivity index is 1.95. The highest BCUT2D eigenvalue weighted by atomic mass is 35.5. The van der Waals surface area contributed by atoms with Gasteiger partial charge in [0.05, 0.1) is 11.6 Å². The third-order valence-electron chi connectivity index (χ3n) is 5.09. The Morgan fingerprint density at radius 1 is 0.968 bits per heavy atom. The molecule has 0 aliphatic carbocycles. The molecule has 6 heteroatoms. The van der Waals surface area contributed by atoms with Gasteiger partial charge in [0.2, 0.25) is 0 Å². The molecule has 0 bridgehead atoms. The smallest absolute Gasteiger partial charge is 0.419 e. The minimum absolute atomic E-state index is 0.0283. The maximum atomic E-state index is 12.8. The third-order valence-corrected chi connectivity index (χ3v) is 5.24. The predicted molar refractivity (Wildman–Crippen MR) is 123 cm³/mol. The number of carbonyl (C=O) groups is 1. The second-order valence-electron chi connectivity index (χ2n) is 6.94. The SMILES string of the molecule is [N-]=[N+]=C(C(=O)OCCCl)C1c2ccccc2C=C(c2ccccc2)N1c1ccccc1. The van der Waals surface area contributed by atoms with Crippen molar-refractivity contribution in [1.29, 1.82) is 0 Å². The van der Waals surface area contributed by atoms with Gasteiger partial charge in [-0.3, -0.25) is 0 Å². The van der Waals surface area contributed by atoms with E-state index in [0.29, 0.717) is 0 Å². The van der Waals surface area contributed by atoms with Gasteiger partial charge in [0.1, 0.15) is 6.61 Å². The Hall–Kier alpha value is -3.66. The van der Waals surface area contributed by atoms with Crippen LogP contribution in [0, 0.1) is 0 Å². The lowest BCUT2D eigenvalue weighted by Gasteiger charge is -2.37. The van der Waals surface area contributed by atoms with Crippen LogP contribution in [0.5, 0.6) is 0 Å². The van der Waals surface area contributed by atoms with E-state index < -0.39 is 12.0 Å². The van der Waals surface area contributed by atoms with Crippen molar-refractivity contribution in [2.24, 2.45) is 0 Å². The molecule has 0 saturated heterocycles. The summed E-state index contributed by atoms with van der Waals surface area (Å²) < 4.78 is 5.23. The number of rotatable bonds is 6. The Morgan fingerprint density at radius 3 is 2.29 bits per heavy atom. The van der Waals surface area contributed by atoms with Gasteiger partial charge in [-0.25, -0.2) is 4.79 Å². The van der Waals surface area contributed by atoms with Crippen LogP contribution >= 0.6 is 11.6 Å². The number of carbonyl (C=O) groups excluding carboxylic acids is 1. The van der Waals surface area contributed by atoms with Gasteiger partial charge in [0.15, 0.2) is 6.04 Å². The zero-order valence-corrected chi connectivity index (χ0v) is 17.4. The van der Waals surface area contributed by atoms with Crippen molar-refractivity contribution in [2.75, 3.05) is 17.4 Å². The first-order valence-electron chi connectivity index (χ1n) is 9.90. The largest absolute Gasteiger partial charge is 0.456 e. The second kappa shape index (κ2) is 9.43. The highest BCUT2D eigenvalue weighted by molar-refractivity contribution is 6.37. The van der Waals surface area contributed by atoms with Crippen LogP contribution < -0.4 is 4.90 Å². The summed E-state index contributed by atoms with van der Waals surface area (Å²) in [6, 6.07) is 26.6. The third kappa shape index (κ3) is 4.15. The standard InChI is InChI=1S/C25H20ClN3O2/c26-15-16-31-25(30)23(28-27)24-21-14-8-7-11-19(21)17-22(18-9-3-1-4-10-18)29(24)20-12-5-2-6-13-20/h1-14,17,24H,15-16H2. The van der Waals surface area contributed by atoms with Gasteiger partial charge in [0.25, 0.3) is 0 Å². The molecule has 5 nitrogen and oxygen atoms in total. The van der Waals surface area contributed by atoms with E-state index in [2.05, 4.69) is 10.9 Å². The molecule has 0 amide bonds. The van der Waals surface area contributed by atoms with Gasteiger partial charge < -0.3 is 15.2 Å². The molecule has 1 aliphatic rings. The number of para-hydroxylation sites is 1. The van der Waals surface area contributed by atoms with Gasteiger partial charge in [-0.2, -0.15) is 4.79 Å². The van der Waals surface area contributed by atoms with Gasteiger partial charge in [-0.05, 0) is 34.9 Å². The number of nitrogens with zero attached hydrogens (tertiary/aromatic N) is 3. The summed E-state index contributed by atoms with van der Waals surface area (Å²) in [5, 5.41) is 0. The van der Waals surface area contributed by atoms with Crippen molar-refractivity contribution in [3.8, 4) is 0 Å². The van der Waals surface area contributed by atoms with Crippen LogP contribution in [-0.4, -0.2) is 29.0 Å². The molecule has 154 valence electrons. The van der Waals surface area contributed by atoms with E-state index in [1.807, 2.05) is 89.8 Å². The van der Waals surface area contributed by atoms with Crippen LogP contribution in [0.15, 0.2) is 84.9 Å². The monoisotopic (exact) mass is 429 g/mol. The fourth-order valence-electron chi connectivity index (χ4n) is 3.78. The molecule has 31 heavy (non-hydrogen) atoms. The van der Waals surface area contributed by atoms with E-state index >= 15 is 0 Å². The predicted octanol–water partition coefficient (Wildman–Crippen LogP) is 5.20. The summed E-state index contributed by atoms with van der Waals surface area (Å²) in [5.41, 5.74) is 14.3. The Kier molecular flexibility index (Phi) is 6.27. The minimum Gasteiger partial charge on any atom is -0.456 e. The summed E-state index contributed by atoms with van der Waals surface area (Å²) in [7, 11) is 0. The number of benzene rings is 3. The van der Waals surface area contributed by atoms with Crippen LogP contribution in [0.3, 0.4) is 0 Å². The number of esters is 1. The minimum atomic E-state index is -0.710. The van der Waals surface area contributed by atoms with Gasteiger partial charge in [-0.1, -0.05) is 72.8 Å². The van der Waals surface area contributed by atoms with Crippen molar-refractivity contribution < 1.29 is 14.3 Å². The summed E-state index contributed by atoms with van der Waals surface area (Å²) in [6.07, 6.45) is 2.08. The molecule has 0 N–H and O–H groups in total. The average Bonchev–Trinajstić information content (AvgIpc) is 2.83. The number of anilines is 1. The molecule has 4 rings (SSSR count). The highest BCUT2D eigenvalue weighted by Crippen LogP contribution is 2.42. The van der Waals surface area contributed by atoms with E-state index in [0.717, 1.165) is 28.1 Å². The van der Waals surface area contributed by atoms with E-state index in [-0.39, 0.29) is 18.2 Å². The van der Waals surface area contributed by atoms with Crippen LogP contribution in [0.2, 0.25) is 0 Å². The van der Waals surface area contributed by atoms with Crippen molar-refractivity contribution in [2.45, 2.75) is 6.04 Å². The zero-order chi connectivity index (χ0) is 21.6. The molecule has 0 aromatic heterocycles. The quantitative estimate of drug-likeness (QED) is 0.178. The van der Waals surface area contributed by atoms with E-state index in [4.69, 9.17) is 16.3 Å². The molecule has 0 radical (unpaired) electrons. The first-order valence-corrected chi connectivity index (χ1v) is 10.4. The van der Waals surface area contributed by atoms with E-state index in [1.165, 1.54) is 0 Å². The molecule has 0 spiro atoms. The molecule has 3 aromatic carbocycles. The number of alkyl halides is 1. The fraction of sp³-hybridized carbons (Fsp3) is 0.120. The molecule has 0 saturated carbocycles. The molecule has 0 fully saturated rings. The number of hydrogen-bond donors (Lipinski definition) is 0. The fourth-order valence-corrected chi connectivity index (χ4v) is 3.85. The molecular formula is C25H20ClN3O2. The molecule has 3 aromatic rings. The number of hydrogen-bond acceptors (Lipinski definition) is 3. The van der Waals surface area contributed by atoms with Gasteiger partial charge in [0, 0.05) is 5.69 Å². The number of halogens is 1.